The number of phenols is 1. The highest BCUT2D eigenvalue weighted by atomic mass is 32.1. The molecule has 0 atom stereocenters. The Kier molecular flexibility index (Phi) is 5.75. The summed E-state index contributed by atoms with van der Waals surface area (Å²) >= 11 is 5.32. The molecule has 0 aliphatic carbocycles. The van der Waals surface area contributed by atoms with Crippen molar-refractivity contribution >= 4 is 30.0 Å². The van der Waals surface area contributed by atoms with E-state index in [1.807, 2.05) is 53.7 Å². The van der Waals surface area contributed by atoms with Crippen molar-refractivity contribution < 1.29 is 19.4 Å². The smallest absolute Gasteiger partial charge is 0.240 e. The van der Waals surface area contributed by atoms with Crippen LogP contribution in [0.5, 0.6) is 5.75 Å². The number of H-pyrrole nitrogens is 1. The number of ketones is 2. The Morgan fingerprint density at radius 3 is 2.26 bits per heavy atom. The highest BCUT2D eigenvalue weighted by Gasteiger charge is 2.28. The first-order valence-corrected chi connectivity index (χ1v) is 10.2. The summed E-state index contributed by atoms with van der Waals surface area (Å²) in [5.41, 5.74) is 1.66. The highest BCUT2D eigenvalue weighted by Crippen LogP contribution is 2.41. The van der Waals surface area contributed by atoms with E-state index < -0.39 is 11.6 Å². The van der Waals surface area contributed by atoms with Crippen LogP contribution in [0.2, 0.25) is 0 Å². The molecule has 1 aliphatic heterocycles. The van der Waals surface area contributed by atoms with Gasteiger partial charge in [0.2, 0.25) is 16.3 Å². The monoisotopic (exact) mass is 442 g/mol. The van der Waals surface area contributed by atoms with Crippen LogP contribution < -0.4 is 0 Å². The number of carbonyl (C=O) groups excluding carboxylic acids is 2. The number of hydrogen-bond donors (Lipinski definition) is 2. The Morgan fingerprint density at radius 2 is 1.74 bits per heavy atom. The van der Waals surface area contributed by atoms with Gasteiger partial charge in [0.15, 0.2) is 12.4 Å². The van der Waals surface area contributed by atoms with Crippen molar-refractivity contribution in [3.8, 4) is 17.1 Å². The number of nitrogens with zero attached hydrogens (tertiary/aromatic N) is 3. The standard InChI is InChI=1S/C22H26N4O4S/c1-21(2,3)14-7-12(8-15(18(14)29)22(4,5)6)19-24-25-20(31)26(19)23-10-13-9-16(27)17(28)11-30-13/h7-10,29H,11H2,1-6H3,(H,25,31)/b23-10+. The number of Topliss-reactive ketones (excluding diaryl/α,β-unsaturated/α-hetero) is 1. The number of aromatic hydroxyl groups is 1. The first kappa shape index (κ1) is 22.6. The van der Waals surface area contributed by atoms with Gasteiger partial charge in [0.1, 0.15) is 11.5 Å². The molecule has 0 unspecified atom stereocenters. The minimum Gasteiger partial charge on any atom is -0.507 e. The van der Waals surface area contributed by atoms with Gasteiger partial charge in [0.25, 0.3) is 0 Å². The number of hydrogen-bond acceptors (Lipinski definition) is 7. The number of ether oxygens (including phenoxy) is 1. The first-order chi connectivity index (χ1) is 14.3. The maximum absolute atomic E-state index is 11.6. The number of carbonyl (C=O) groups is 2. The third-order valence-electron chi connectivity index (χ3n) is 4.85. The predicted octanol–water partition coefficient (Wildman–Crippen LogP) is 3.79. The summed E-state index contributed by atoms with van der Waals surface area (Å²) < 4.78 is 6.87. The van der Waals surface area contributed by atoms with Crippen LogP contribution in [-0.4, -0.2) is 44.4 Å². The molecule has 2 heterocycles. The number of allylic oxidation sites excluding steroid dienone is 2. The Labute approximate surface area is 185 Å². The zero-order valence-electron chi connectivity index (χ0n) is 18.4. The molecule has 0 bridgehead atoms. The topological polar surface area (TPSA) is 110 Å². The molecule has 31 heavy (non-hydrogen) atoms. The van der Waals surface area contributed by atoms with E-state index in [2.05, 4.69) is 15.3 Å². The Bertz CT molecular complexity index is 1140. The van der Waals surface area contributed by atoms with Crippen molar-refractivity contribution in [3.05, 3.63) is 39.9 Å². The van der Waals surface area contributed by atoms with E-state index >= 15 is 0 Å². The molecule has 0 fully saturated rings. The normalized spacial score (nSPS) is 15.4. The molecule has 2 N–H and O–H groups in total. The van der Waals surface area contributed by atoms with Crippen molar-refractivity contribution in [1.82, 2.24) is 14.9 Å². The number of benzene rings is 1. The molecule has 0 saturated heterocycles. The zero-order chi connectivity index (χ0) is 23.1. The number of aromatic amines is 1. The van der Waals surface area contributed by atoms with Crippen molar-refractivity contribution in [2.24, 2.45) is 5.10 Å². The molecule has 164 valence electrons. The zero-order valence-corrected chi connectivity index (χ0v) is 19.3. The summed E-state index contributed by atoms with van der Waals surface area (Å²) in [5, 5.41) is 22.3. The van der Waals surface area contributed by atoms with E-state index in [4.69, 9.17) is 17.0 Å². The Balaban J connectivity index is 2.14. The molecule has 9 heteroatoms. The van der Waals surface area contributed by atoms with Crippen molar-refractivity contribution in [3.63, 3.8) is 0 Å². The lowest BCUT2D eigenvalue weighted by molar-refractivity contribution is -0.137. The molecule has 0 radical (unpaired) electrons. The number of phenolic OH excluding ortho intramolecular Hbond substituents is 1. The summed E-state index contributed by atoms with van der Waals surface area (Å²) in [4.78, 5) is 22.9. The van der Waals surface area contributed by atoms with E-state index in [1.54, 1.807) is 0 Å². The molecule has 2 aromatic rings. The van der Waals surface area contributed by atoms with Gasteiger partial charge >= 0.3 is 0 Å². The third-order valence-corrected chi connectivity index (χ3v) is 5.12. The lowest BCUT2D eigenvalue weighted by atomic mass is 9.78. The van der Waals surface area contributed by atoms with Crippen LogP contribution >= 0.6 is 12.2 Å². The van der Waals surface area contributed by atoms with Gasteiger partial charge < -0.3 is 9.84 Å². The van der Waals surface area contributed by atoms with E-state index in [0.717, 1.165) is 22.8 Å². The summed E-state index contributed by atoms with van der Waals surface area (Å²) in [7, 11) is 0. The summed E-state index contributed by atoms with van der Waals surface area (Å²) in [5.74, 6) is -0.374. The maximum Gasteiger partial charge on any atom is 0.240 e. The summed E-state index contributed by atoms with van der Waals surface area (Å²) in [6.45, 7) is 11.8. The third kappa shape index (κ3) is 4.66. The summed E-state index contributed by atoms with van der Waals surface area (Å²) in [6.07, 6.45) is 2.41. The van der Waals surface area contributed by atoms with Crippen LogP contribution in [0.4, 0.5) is 0 Å². The lowest BCUT2D eigenvalue weighted by Crippen LogP contribution is -2.23. The van der Waals surface area contributed by atoms with Crippen LogP contribution in [0.25, 0.3) is 11.4 Å². The average Bonchev–Trinajstić information content (AvgIpc) is 3.01. The van der Waals surface area contributed by atoms with Crippen molar-refractivity contribution in [2.45, 2.75) is 52.4 Å². The molecule has 3 rings (SSSR count). The van der Waals surface area contributed by atoms with E-state index in [1.165, 1.54) is 10.9 Å². The van der Waals surface area contributed by atoms with Crippen LogP contribution in [0, 0.1) is 4.77 Å². The molecule has 0 amide bonds. The largest absolute Gasteiger partial charge is 0.507 e. The molecule has 1 aliphatic rings. The van der Waals surface area contributed by atoms with Gasteiger partial charge in [-0.25, -0.2) is 5.10 Å². The SMILES string of the molecule is CC(C)(C)c1cc(-c2n[nH]c(=S)n2/N=C/C2=CC(=O)C(=O)CO2)cc(C(C)(C)C)c1O. The molecule has 1 aromatic heterocycles. The minimum absolute atomic E-state index is 0.162. The number of aromatic nitrogens is 3. The van der Waals surface area contributed by atoms with Gasteiger partial charge in [-0.15, -0.1) is 0 Å². The molecular formula is C22H26N4O4S. The van der Waals surface area contributed by atoms with Gasteiger partial charge in [-0.3, -0.25) is 9.59 Å². The molecule has 0 spiro atoms. The second-order valence-electron chi connectivity index (χ2n) is 9.45. The number of rotatable bonds is 3. The number of nitrogens with one attached hydrogen (secondary N) is 1. The quantitative estimate of drug-likeness (QED) is 0.425. The fourth-order valence-corrected chi connectivity index (χ4v) is 3.33. The van der Waals surface area contributed by atoms with Crippen LogP contribution in [0.15, 0.2) is 29.1 Å². The molecule has 8 nitrogen and oxygen atoms in total. The first-order valence-electron chi connectivity index (χ1n) is 9.81. The van der Waals surface area contributed by atoms with Gasteiger partial charge in [-0.2, -0.15) is 14.9 Å². The second-order valence-corrected chi connectivity index (χ2v) is 9.84. The Hall–Kier alpha value is -3.07. The second kappa shape index (κ2) is 7.88. The minimum atomic E-state index is -0.633. The van der Waals surface area contributed by atoms with Crippen LogP contribution in [0.3, 0.4) is 0 Å². The lowest BCUT2D eigenvalue weighted by Gasteiger charge is -2.28. The molecule has 0 saturated carbocycles. The van der Waals surface area contributed by atoms with Crippen LogP contribution in [-0.2, 0) is 25.2 Å². The van der Waals surface area contributed by atoms with Gasteiger partial charge in [0.05, 0.1) is 6.21 Å². The van der Waals surface area contributed by atoms with E-state index in [9.17, 15) is 14.7 Å². The van der Waals surface area contributed by atoms with Crippen LogP contribution in [0.1, 0.15) is 52.7 Å². The highest BCUT2D eigenvalue weighted by molar-refractivity contribution is 7.71. The molecular weight excluding hydrogens is 416 g/mol. The van der Waals surface area contributed by atoms with Crippen molar-refractivity contribution in [1.29, 1.82) is 0 Å². The average molecular weight is 443 g/mol. The van der Waals surface area contributed by atoms with E-state index in [-0.39, 0.29) is 33.7 Å². The fourth-order valence-electron chi connectivity index (χ4n) is 3.15. The van der Waals surface area contributed by atoms with Gasteiger partial charge in [0, 0.05) is 22.8 Å². The van der Waals surface area contributed by atoms with E-state index in [0.29, 0.717) is 5.82 Å². The fraction of sp³-hybridized carbons (Fsp3) is 0.409. The Morgan fingerprint density at radius 1 is 1.16 bits per heavy atom. The van der Waals surface area contributed by atoms with Gasteiger partial charge in [-0.1, -0.05) is 41.5 Å². The van der Waals surface area contributed by atoms with Crippen molar-refractivity contribution in [2.75, 3.05) is 6.61 Å². The van der Waals surface area contributed by atoms with Gasteiger partial charge in [-0.05, 0) is 35.2 Å². The maximum atomic E-state index is 11.6. The predicted molar refractivity (Wildman–Crippen MR) is 120 cm³/mol. The molecule has 1 aromatic carbocycles. The summed E-state index contributed by atoms with van der Waals surface area (Å²) in [6, 6.07) is 3.75.